The lowest BCUT2D eigenvalue weighted by Crippen LogP contribution is -2.23. The number of phenolic OH excluding ortho intramolecular Hbond substituents is 1. The second-order valence-electron chi connectivity index (χ2n) is 5.53. The number of benzene rings is 2. The average Bonchev–Trinajstić information content (AvgIpc) is 3.00. The molecule has 0 saturated heterocycles. The molecule has 2 aliphatic rings. The maximum Gasteiger partial charge on any atom is 0.231 e. The van der Waals surface area contributed by atoms with E-state index in [0.29, 0.717) is 23.7 Å². The first-order chi connectivity index (χ1) is 11.2. The highest BCUT2D eigenvalue weighted by Gasteiger charge is 2.30. The number of aromatic hydroxyl groups is 1. The van der Waals surface area contributed by atoms with Crippen LogP contribution in [0.5, 0.6) is 23.0 Å². The lowest BCUT2D eigenvalue weighted by molar-refractivity contribution is -0.116. The molecule has 4 rings (SSSR count). The molecule has 118 valence electrons. The number of carbonyl (C=O) groups is 1. The van der Waals surface area contributed by atoms with Gasteiger partial charge in [0.05, 0.1) is 7.11 Å². The van der Waals surface area contributed by atoms with Crippen LogP contribution in [0.4, 0.5) is 5.69 Å². The fourth-order valence-corrected chi connectivity index (χ4v) is 3.06. The molecule has 2 aromatic rings. The van der Waals surface area contributed by atoms with E-state index in [9.17, 15) is 9.90 Å². The topological polar surface area (TPSA) is 77.0 Å². The van der Waals surface area contributed by atoms with Gasteiger partial charge in [0, 0.05) is 24.1 Å². The molecule has 0 aliphatic carbocycles. The first-order valence-electron chi connectivity index (χ1n) is 7.26. The Morgan fingerprint density at radius 3 is 2.78 bits per heavy atom. The fourth-order valence-electron chi connectivity index (χ4n) is 3.06. The number of carbonyl (C=O) groups excluding carboxylic acids is 1. The molecule has 0 radical (unpaired) electrons. The van der Waals surface area contributed by atoms with Gasteiger partial charge in [0.1, 0.15) is 0 Å². The van der Waals surface area contributed by atoms with E-state index in [-0.39, 0.29) is 24.4 Å². The summed E-state index contributed by atoms with van der Waals surface area (Å²) >= 11 is 0. The van der Waals surface area contributed by atoms with E-state index in [4.69, 9.17) is 14.2 Å². The minimum absolute atomic E-state index is 0.0617. The van der Waals surface area contributed by atoms with Crippen molar-refractivity contribution in [3.8, 4) is 23.0 Å². The summed E-state index contributed by atoms with van der Waals surface area (Å²) in [6, 6.07) is 8.83. The van der Waals surface area contributed by atoms with Crippen LogP contribution in [0, 0.1) is 0 Å². The van der Waals surface area contributed by atoms with Crippen molar-refractivity contribution in [1.29, 1.82) is 0 Å². The van der Waals surface area contributed by atoms with Crippen LogP contribution in [-0.4, -0.2) is 24.9 Å². The van der Waals surface area contributed by atoms with Crippen molar-refractivity contribution < 1.29 is 24.1 Å². The van der Waals surface area contributed by atoms with Crippen LogP contribution >= 0.6 is 0 Å². The van der Waals surface area contributed by atoms with Gasteiger partial charge in [-0.3, -0.25) is 4.79 Å². The molecule has 2 heterocycles. The Bertz CT molecular complexity index is 802. The second kappa shape index (κ2) is 5.08. The number of amides is 1. The Balaban J connectivity index is 1.83. The lowest BCUT2D eigenvalue weighted by Gasteiger charge is -2.26. The molecule has 1 atom stereocenters. The van der Waals surface area contributed by atoms with Crippen molar-refractivity contribution in [2.24, 2.45) is 0 Å². The molecule has 0 bridgehead atoms. The number of anilines is 1. The van der Waals surface area contributed by atoms with Gasteiger partial charge in [-0.25, -0.2) is 0 Å². The van der Waals surface area contributed by atoms with Gasteiger partial charge in [0.2, 0.25) is 12.7 Å². The van der Waals surface area contributed by atoms with Crippen LogP contribution in [0.15, 0.2) is 30.3 Å². The quantitative estimate of drug-likeness (QED) is 0.891. The van der Waals surface area contributed by atoms with Crippen LogP contribution < -0.4 is 19.5 Å². The summed E-state index contributed by atoms with van der Waals surface area (Å²) in [6.07, 6.45) is 0.320. The predicted molar refractivity (Wildman–Crippen MR) is 82.3 cm³/mol. The van der Waals surface area contributed by atoms with Crippen molar-refractivity contribution >= 4 is 11.6 Å². The number of fused-ring (bicyclic) bond motifs is 2. The van der Waals surface area contributed by atoms with Crippen LogP contribution in [0.1, 0.15) is 23.5 Å². The van der Waals surface area contributed by atoms with E-state index in [1.807, 2.05) is 6.07 Å². The largest absolute Gasteiger partial charge is 0.504 e. The maximum atomic E-state index is 12.1. The third-order valence-electron chi connectivity index (χ3n) is 4.19. The third kappa shape index (κ3) is 2.23. The summed E-state index contributed by atoms with van der Waals surface area (Å²) < 4.78 is 16.0. The molecule has 6 nitrogen and oxygen atoms in total. The third-order valence-corrected chi connectivity index (χ3v) is 4.19. The Labute approximate surface area is 132 Å². The number of ether oxygens (including phenoxy) is 3. The summed E-state index contributed by atoms with van der Waals surface area (Å²) in [5.41, 5.74) is 2.58. The van der Waals surface area contributed by atoms with E-state index in [0.717, 1.165) is 16.8 Å². The molecule has 0 spiro atoms. The zero-order valence-electron chi connectivity index (χ0n) is 12.5. The summed E-state index contributed by atoms with van der Waals surface area (Å²) in [5.74, 6) is 1.57. The minimum atomic E-state index is -0.136. The number of methoxy groups -OCH3 is 1. The van der Waals surface area contributed by atoms with E-state index >= 15 is 0 Å². The first-order valence-corrected chi connectivity index (χ1v) is 7.26. The van der Waals surface area contributed by atoms with Crippen molar-refractivity contribution in [1.82, 2.24) is 0 Å². The average molecular weight is 313 g/mol. The van der Waals surface area contributed by atoms with Crippen molar-refractivity contribution in [3.05, 3.63) is 41.5 Å². The Morgan fingerprint density at radius 2 is 2.00 bits per heavy atom. The highest BCUT2D eigenvalue weighted by atomic mass is 16.7. The molecule has 0 fully saturated rings. The molecular weight excluding hydrogens is 298 g/mol. The maximum absolute atomic E-state index is 12.1. The van der Waals surface area contributed by atoms with Gasteiger partial charge >= 0.3 is 0 Å². The van der Waals surface area contributed by atoms with Crippen LogP contribution in [0.25, 0.3) is 0 Å². The van der Waals surface area contributed by atoms with Gasteiger partial charge < -0.3 is 24.6 Å². The first kappa shape index (κ1) is 13.8. The minimum Gasteiger partial charge on any atom is -0.504 e. The standard InChI is InChI=1S/C17H15NO5/c1-21-14-4-9(2-3-13(14)19)10-6-17(20)18-12-7-16-15(5-11(10)12)22-8-23-16/h2-5,7,10,19H,6,8H2,1H3,(H,18,20)/t10-/m1/s1. The van der Waals surface area contributed by atoms with Gasteiger partial charge in [-0.15, -0.1) is 0 Å². The number of hydrogen-bond acceptors (Lipinski definition) is 5. The van der Waals surface area contributed by atoms with Gasteiger partial charge in [0.15, 0.2) is 23.0 Å². The monoisotopic (exact) mass is 313 g/mol. The highest BCUT2D eigenvalue weighted by Crippen LogP contribution is 2.45. The Kier molecular flexibility index (Phi) is 3.04. The molecule has 2 aliphatic heterocycles. The van der Waals surface area contributed by atoms with Gasteiger partial charge in [0.25, 0.3) is 0 Å². The molecule has 1 amide bonds. The summed E-state index contributed by atoms with van der Waals surface area (Å²) in [5, 5.41) is 12.6. The Hall–Kier alpha value is -2.89. The van der Waals surface area contributed by atoms with Crippen LogP contribution in [-0.2, 0) is 4.79 Å². The molecule has 2 N–H and O–H groups in total. The van der Waals surface area contributed by atoms with E-state index < -0.39 is 0 Å². The van der Waals surface area contributed by atoms with E-state index in [1.54, 1.807) is 24.3 Å². The zero-order valence-corrected chi connectivity index (χ0v) is 12.5. The van der Waals surface area contributed by atoms with E-state index in [1.165, 1.54) is 7.11 Å². The van der Waals surface area contributed by atoms with Crippen molar-refractivity contribution in [2.75, 3.05) is 19.2 Å². The normalized spacial score (nSPS) is 18.3. The van der Waals surface area contributed by atoms with Crippen LogP contribution in [0.2, 0.25) is 0 Å². The van der Waals surface area contributed by atoms with Crippen molar-refractivity contribution in [2.45, 2.75) is 12.3 Å². The lowest BCUT2D eigenvalue weighted by atomic mass is 9.84. The number of hydrogen-bond donors (Lipinski definition) is 2. The molecular formula is C17H15NO5. The van der Waals surface area contributed by atoms with Crippen LogP contribution in [0.3, 0.4) is 0 Å². The zero-order chi connectivity index (χ0) is 16.0. The van der Waals surface area contributed by atoms with Gasteiger partial charge in [-0.05, 0) is 29.3 Å². The molecule has 0 aromatic heterocycles. The fraction of sp³-hybridized carbons (Fsp3) is 0.235. The number of phenols is 1. The molecule has 0 unspecified atom stereocenters. The smallest absolute Gasteiger partial charge is 0.231 e. The Morgan fingerprint density at radius 1 is 1.22 bits per heavy atom. The van der Waals surface area contributed by atoms with Crippen molar-refractivity contribution in [3.63, 3.8) is 0 Å². The van der Waals surface area contributed by atoms with Gasteiger partial charge in [-0.2, -0.15) is 0 Å². The SMILES string of the molecule is COc1cc([C@H]2CC(=O)Nc3cc4c(cc32)OCO4)ccc1O. The molecule has 2 aromatic carbocycles. The number of rotatable bonds is 2. The predicted octanol–water partition coefficient (Wildman–Crippen LogP) is 2.60. The highest BCUT2D eigenvalue weighted by molar-refractivity contribution is 5.96. The molecule has 0 saturated carbocycles. The van der Waals surface area contributed by atoms with Gasteiger partial charge in [-0.1, -0.05) is 6.07 Å². The summed E-state index contributed by atoms with van der Waals surface area (Å²) in [7, 11) is 1.50. The molecule has 23 heavy (non-hydrogen) atoms. The summed E-state index contributed by atoms with van der Waals surface area (Å²) in [6.45, 7) is 0.184. The van der Waals surface area contributed by atoms with E-state index in [2.05, 4.69) is 5.32 Å². The number of nitrogens with one attached hydrogen (secondary N) is 1. The molecule has 6 heteroatoms. The summed E-state index contributed by atoms with van der Waals surface area (Å²) in [4.78, 5) is 12.1. The second-order valence-corrected chi connectivity index (χ2v) is 5.53.